The molecule has 0 fully saturated rings. The van der Waals surface area contributed by atoms with E-state index in [1.54, 1.807) is 32.1 Å². The number of carbonyl (C=O) groups excluding carboxylic acids is 2. The zero-order chi connectivity index (χ0) is 29.5. The third-order valence-electron chi connectivity index (χ3n) is 6.00. The van der Waals surface area contributed by atoms with Gasteiger partial charge in [0, 0.05) is 12.3 Å². The molecule has 7 nitrogen and oxygen atoms in total. The lowest BCUT2D eigenvalue weighted by Crippen LogP contribution is -2.38. The van der Waals surface area contributed by atoms with E-state index in [0.717, 1.165) is 22.8 Å². The van der Waals surface area contributed by atoms with Crippen molar-refractivity contribution in [1.29, 1.82) is 0 Å². The van der Waals surface area contributed by atoms with Gasteiger partial charge in [0.15, 0.2) is 10.8 Å². The lowest BCUT2D eigenvalue weighted by molar-refractivity contribution is -0.238. The van der Waals surface area contributed by atoms with Crippen molar-refractivity contribution in [1.82, 2.24) is 4.98 Å². The second-order valence-electron chi connectivity index (χ2n) is 10.3. The number of carbonyl (C=O) groups is 1. The molecular weight excluding hydrogens is 593 g/mol. The fourth-order valence-corrected chi connectivity index (χ4v) is 5.37. The molecule has 4 aromatic rings. The average Bonchev–Trinajstić information content (AvgIpc) is 3.40. The SMILES string of the molecule is CC(C)(C)OC(C)(C=C=O)ON=C(C(=O)Cl)c1csc(NC(c2ccccc2)(c2ccccc2)c2ccccc2)n1.Cl. The van der Waals surface area contributed by atoms with Crippen LogP contribution in [0.25, 0.3) is 0 Å². The van der Waals surface area contributed by atoms with Crippen LogP contribution in [0.3, 0.4) is 0 Å². The molecule has 0 aliphatic rings. The van der Waals surface area contributed by atoms with Crippen LogP contribution < -0.4 is 5.32 Å². The number of hydrogen-bond donors (Lipinski definition) is 1. The van der Waals surface area contributed by atoms with Crippen LogP contribution in [0.15, 0.2) is 108 Å². The minimum atomic E-state index is -1.59. The Morgan fingerprint density at radius 3 is 1.79 bits per heavy atom. The Kier molecular flexibility index (Phi) is 10.9. The summed E-state index contributed by atoms with van der Waals surface area (Å²) in [5, 5.41) is 8.92. The van der Waals surface area contributed by atoms with Gasteiger partial charge in [-0.2, -0.15) is 0 Å². The summed E-state index contributed by atoms with van der Waals surface area (Å²) in [6.07, 6.45) is 1.04. The van der Waals surface area contributed by atoms with Crippen LogP contribution in [0.5, 0.6) is 0 Å². The van der Waals surface area contributed by atoms with Crippen molar-refractivity contribution in [2.75, 3.05) is 5.32 Å². The van der Waals surface area contributed by atoms with Gasteiger partial charge in [0.25, 0.3) is 11.0 Å². The van der Waals surface area contributed by atoms with Gasteiger partial charge in [-0.3, -0.25) is 4.79 Å². The molecule has 218 valence electrons. The maximum absolute atomic E-state index is 12.4. The zero-order valence-corrected chi connectivity index (χ0v) is 25.9. The number of halogens is 2. The quantitative estimate of drug-likeness (QED) is 0.0468. The van der Waals surface area contributed by atoms with Crippen LogP contribution >= 0.6 is 35.3 Å². The lowest BCUT2D eigenvalue weighted by Gasteiger charge is -2.36. The van der Waals surface area contributed by atoms with Gasteiger partial charge in [-0.25, -0.2) is 9.78 Å². The topological polar surface area (TPSA) is 89.9 Å². The molecule has 1 unspecified atom stereocenters. The highest BCUT2D eigenvalue weighted by Gasteiger charge is 2.37. The standard InChI is InChI=1S/C32H30ClN3O4S.ClH/c1-30(2,3)39-31(4,20-21-37)40-36-27(28(33)38)26-22-41-29(34-26)35-32(23-14-8-5-9-15-23,24-16-10-6-11-17-24)25-18-12-7-13-19-25;/h5-20,22H,1-4H3,(H,34,35);1H. The number of oxime groups is 1. The summed E-state index contributed by atoms with van der Waals surface area (Å²) < 4.78 is 5.82. The molecule has 0 saturated heterocycles. The zero-order valence-electron chi connectivity index (χ0n) is 23.5. The third-order valence-corrected chi connectivity index (χ3v) is 6.93. The summed E-state index contributed by atoms with van der Waals surface area (Å²) in [7, 11) is 0. The van der Waals surface area contributed by atoms with E-state index >= 15 is 0 Å². The Morgan fingerprint density at radius 2 is 1.38 bits per heavy atom. The second-order valence-corrected chi connectivity index (χ2v) is 11.5. The Balaban J connectivity index is 0.00000484. The Labute approximate surface area is 260 Å². The second kappa shape index (κ2) is 13.9. The van der Waals surface area contributed by atoms with Crippen molar-refractivity contribution < 1.29 is 19.2 Å². The Hall–Kier alpha value is -3.78. The molecule has 0 spiro atoms. The van der Waals surface area contributed by atoms with E-state index in [1.165, 1.54) is 18.3 Å². The van der Waals surface area contributed by atoms with Crippen LogP contribution in [0, 0.1) is 0 Å². The van der Waals surface area contributed by atoms with E-state index < -0.39 is 22.2 Å². The summed E-state index contributed by atoms with van der Waals surface area (Å²) in [6.45, 7) is 6.87. The number of hydrogen-bond acceptors (Lipinski definition) is 8. The fraction of sp³-hybridized carbons (Fsp3) is 0.219. The van der Waals surface area contributed by atoms with Crippen LogP contribution in [0.4, 0.5) is 5.13 Å². The van der Waals surface area contributed by atoms with Gasteiger partial charge in [0.1, 0.15) is 17.2 Å². The molecule has 0 bridgehead atoms. The van der Waals surface area contributed by atoms with E-state index in [9.17, 15) is 9.59 Å². The normalized spacial score (nSPS) is 13.2. The smallest absolute Gasteiger partial charge is 0.276 e. The van der Waals surface area contributed by atoms with Crippen LogP contribution in [-0.2, 0) is 24.7 Å². The number of benzene rings is 3. The van der Waals surface area contributed by atoms with E-state index in [1.807, 2.05) is 54.6 Å². The predicted molar refractivity (Wildman–Crippen MR) is 170 cm³/mol. The summed E-state index contributed by atoms with van der Waals surface area (Å²) in [5.74, 6) is 0.0789. The van der Waals surface area contributed by atoms with Crippen molar-refractivity contribution in [2.24, 2.45) is 5.16 Å². The monoisotopic (exact) mass is 623 g/mol. The first kappa shape index (κ1) is 32.7. The minimum Gasteiger partial charge on any atom is -0.354 e. The van der Waals surface area contributed by atoms with Gasteiger partial charge < -0.3 is 14.9 Å². The van der Waals surface area contributed by atoms with Crippen LogP contribution in [-0.4, -0.2) is 33.3 Å². The van der Waals surface area contributed by atoms with Crippen molar-refractivity contribution in [2.45, 2.75) is 44.6 Å². The molecule has 0 amide bonds. The number of thiazole rings is 1. The average molecular weight is 625 g/mol. The van der Waals surface area contributed by atoms with Crippen LogP contribution in [0.2, 0.25) is 0 Å². The first-order chi connectivity index (χ1) is 19.6. The van der Waals surface area contributed by atoms with Crippen molar-refractivity contribution in [3.05, 3.63) is 125 Å². The lowest BCUT2D eigenvalue weighted by atomic mass is 9.77. The van der Waals surface area contributed by atoms with Gasteiger partial charge >= 0.3 is 0 Å². The molecule has 1 aromatic heterocycles. The number of nitrogens with one attached hydrogen (secondary N) is 1. The molecule has 1 atom stereocenters. The Bertz CT molecular complexity index is 1450. The molecule has 0 aliphatic heterocycles. The summed E-state index contributed by atoms with van der Waals surface area (Å²) in [6, 6.07) is 30.2. The van der Waals surface area contributed by atoms with E-state index in [2.05, 4.69) is 51.9 Å². The van der Waals surface area contributed by atoms with Gasteiger partial charge in [-0.15, -0.1) is 23.7 Å². The van der Waals surface area contributed by atoms with Gasteiger partial charge in [-0.05, 0) is 49.1 Å². The molecule has 0 aliphatic carbocycles. The molecule has 0 saturated carbocycles. The van der Waals surface area contributed by atoms with Crippen LogP contribution in [0.1, 0.15) is 50.1 Å². The van der Waals surface area contributed by atoms with Crippen molar-refractivity contribution in [3.63, 3.8) is 0 Å². The van der Waals surface area contributed by atoms with E-state index in [-0.39, 0.29) is 23.8 Å². The highest BCUT2D eigenvalue weighted by Crippen LogP contribution is 2.40. The molecule has 1 N–H and O–H groups in total. The number of ether oxygens (including phenoxy) is 1. The minimum absolute atomic E-state index is 0. The molecule has 4 rings (SSSR count). The number of aromatic nitrogens is 1. The molecular formula is C32H31Cl2N3O4S. The molecule has 0 radical (unpaired) electrons. The molecule has 10 heteroatoms. The fourth-order valence-electron chi connectivity index (χ4n) is 4.49. The summed E-state index contributed by atoms with van der Waals surface area (Å²) in [5.41, 5.74) is 1.46. The van der Waals surface area contributed by atoms with Crippen molar-refractivity contribution >= 4 is 57.4 Å². The van der Waals surface area contributed by atoms with Crippen molar-refractivity contribution in [3.8, 4) is 0 Å². The number of rotatable bonds is 11. The first-order valence-electron chi connectivity index (χ1n) is 12.9. The van der Waals surface area contributed by atoms with Gasteiger partial charge in [0.2, 0.25) is 0 Å². The van der Waals surface area contributed by atoms with Gasteiger partial charge in [-0.1, -0.05) is 96.2 Å². The Morgan fingerprint density at radius 1 is 0.905 bits per heavy atom. The highest BCUT2D eigenvalue weighted by molar-refractivity contribution is 7.14. The van der Waals surface area contributed by atoms with E-state index in [0.29, 0.717) is 5.13 Å². The maximum atomic E-state index is 12.4. The maximum Gasteiger partial charge on any atom is 0.276 e. The van der Waals surface area contributed by atoms with Gasteiger partial charge in [0.05, 0.1) is 11.7 Å². The largest absolute Gasteiger partial charge is 0.354 e. The first-order valence-corrected chi connectivity index (χ1v) is 14.1. The molecule has 3 aromatic carbocycles. The summed E-state index contributed by atoms with van der Waals surface area (Å²) >= 11 is 7.20. The van der Waals surface area contributed by atoms with E-state index in [4.69, 9.17) is 21.2 Å². The highest BCUT2D eigenvalue weighted by atomic mass is 35.5. The third kappa shape index (κ3) is 7.73. The molecule has 1 heterocycles. The predicted octanol–water partition coefficient (Wildman–Crippen LogP) is 7.37. The summed E-state index contributed by atoms with van der Waals surface area (Å²) in [4.78, 5) is 33.8. The number of anilines is 1. The number of nitrogens with zero attached hydrogens (tertiary/aromatic N) is 2. The molecule has 42 heavy (non-hydrogen) atoms.